The number of hydrogen-bond donors (Lipinski definition) is 0. The van der Waals surface area contributed by atoms with Gasteiger partial charge in [0.05, 0.1) is 22.4 Å². The van der Waals surface area contributed by atoms with Gasteiger partial charge in [-0.2, -0.15) is 0 Å². The Kier molecular flexibility index (Phi) is 6.95. The Labute approximate surface area is 148 Å². The second-order valence-electron chi connectivity index (χ2n) is 9.13. The van der Waals surface area contributed by atoms with Gasteiger partial charge in [-0.15, -0.1) is 0 Å². The molecule has 1 heterocycles. The number of epoxide rings is 1. The fourth-order valence-electron chi connectivity index (χ4n) is 4.06. The maximum Gasteiger partial charge on any atom is 0.128 e. The van der Waals surface area contributed by atoms with E-state index in [9.17, 15) is 0 Å². The lowest BCUT2D eigenvalue weighted by Crippen LogP contribution is -2.54. The van der Waals surface area contributed by atoms with E-state index in [1.54, 1.807) is 0 Å². The Hall–Kier alpha value is 0.527. The smallest absolute Gasteiger partial charge is 0.128 e. The maximum absolute atomic E-state index is 6.50. The largest absolute Gasteiger partial charge is 0.363 e. The normalized spacial score (nSPS) is 26.0. The third-order valence-electron chi connectivity index (χ3n) is 4.78. The van der Waals surface area contributed by atoms with Crippen molar-refractivity contribution >= 4 is 16.3 Å². The van der Waals surface area contributed by atoms with Crippen LogP contribution in [0.1, 0.15) is 62.3 Å². The fraction of sp³-hybridized carbons (Fsp3) is 1.00. The van der Waals surface area contributed by atoms with Crippen molar-refractivity contribution in [3.8, 4) is 0 Å². The van der Waals surface area contributed by atoms with E-state index in [-0.39, 0.29) is 4.97 Å². The van der Waals surface area contributed by atoms with E-state index in [4.69, 9.17) is 4.74 Å². The van der Waals surface area contributed by atoms with Crippen molar-refractivity contribution in [2.75, 3.05) is 0 Å². The molecule has 1 aliphatic heterocycles. The van der Waals surface area contributed by atoms with E-state index < -0.39 is 16.3 Å². The van der Waals surface area contributed by atoms with Gasteiger partial charge in [0, 0.05) is 24.2 Å². The first-order chi connectivity index (χ1) is 10.3. The van der Waals surface area contributed by atoms with Gasteiger partial charge < -0.3 is 4.74 Å². The van der Waals surface area contributed by atoms with Crippen molar-refractivity contribution < 1.29 is 4.74 Å². The quantitative estimate of drug-likeness (QED) is 0.322. The molecule has 0 aromatic heterocycles. The average Bonchev–Trinajstić information content (AvgIpc) is 2.98. The summed E-state index contributed by atoms with van der Waals surface area (Å²) in [6, 6.07) is 2.13. The minimum atomic E-state index is -1.49. The van der Waals surface area contributed by atoms with Gasteiger partial charge in [0.2, 0.25) is 0 Å². The van der Waals surface area contributed by atoms with E-state index in [1.165, 1.54) is 0 Å². The monoisotopic (exact) mass is 360 g/mol. The second kappa shape index (κ2) is 7.41. The van der Waals surface area contributed by atoms with Crippen LogP contribution in [0.4, 0.5) is 0 Å². The summed E-state index contributed by atoms with van der Waals surface area (Å²) in [7, 11) is -1.98. The summed E-state index contributed by atoms with van der Waals surface area (Å²) < 4.78 is 12.0. The Bertz CT molecular complexity index is 359. The molecule has 0 spiro atoms. The van der Waals surface area contributed by atoms with Gasteiger partial charge in [-0.05, 0) is 62.3 Å². The predicted molar refractivity (Wildman–Crippen MR) is 108 cm³/mol. The third kappa shape index (κ3) is 4.03. The lowest BCUT2D eigenvalue weighted by molar-refractivity contribution is 0.243. The molecule has 0 aromatic rings. The first-order valence-electron chi connectivity index (χ1n) is 9.33. The van der Waals surface area contributed by atoms with Crippen LogP contribution in [-0.2, 0) is 4.74 Å². The standard InChI is InChI=1S/C18H41N2OPSi/c1-13(2)19(14(3)4)22(20(15(5)6)16(7)8)18(17(9)21-18)23(10,11)12/h13-17H,1-12H3/t17-,18+/m0/s1. The van der Waals surface area contributed by atoms with Crippen molar-refractivity contribution in [1.82, 2.24) is 9.34 Å². The van der Waals surface area contributed by atoms with Gasteiger partial charge in [-0.3, -0.25) is 9.34 Å². The molecular formula is C18H41N2OPSi. The Morgan fingerprint density at radius 3 is 1.17 bits per heavy atom. The molecule has 0 bridgehead atoms. The maximum atomic E-state index is 6.50. The summed E-state index contributed by atoms with van der Waals surface area (Å²) in [4.78, 5) is 0.0887. The molecule has 0 radical (unpaired) electrons. The van der Waals surface area contributed by atoms with Gasteiger partial charge in [-0.25, -0.2) is 0 Å². The fourth-order valence-corrected chi connectivity index (χ4v) is 12.2. The Balaban J connectivity index is 3.49. The number of hydrogen-bond acceptors (Lipinski definition) is 3. The van der Waals surface area contributed by atoms with Crippen LogP contribution in [0.5, 0.6) is 0 Å². The highest BCUT2D eigenvalue weighted by molar-refractivity contribution is 7.58. The molecule has 5 heteroatoms. The Morgan fingerprint density at radius 2 is 1.04 bits per heavy atom. The first kappa shape index (κ1) is 21.6. The highest BCUT2D eigenvalue weighted by atomic mass is 31.1. The first-order valence-corrected chi connectivity index (χ1v) is 14.1. The predicted octanol–water partition coefficient (Wildman–Crippen LogP) is 5.53. The van der Waals surface area contributed by atoms with Crippen LogP contribution < -0.4 is 0 Å². The lowest BCUT2D eigenvalue weighted by atomic mass is 10.3. The molecule has 1 fully saturated rings. The van der Waals surface area contributed by atoms with Crippen LogP contribution in [0.15, 0.2) is 0 Å². The average molecular weight is 361 g/mol. The molecule has 1 rings (SSSR count). The van der Waals surface area contributed by atoms with Gasteiger partial charge in [0.25, 0.3) is 0 Å². The molecule has 0 saturated carbocycles. The van der Waals surface area contributed by atoms with Crippen LogP contribution in [0, 0.1) is 0 Å². The lowest BCUT2D eigenvalue weighted by Gasteiger charge is -2.52. The summed E-state index contributed by atoms with van der Waals surface area (Å²) in [6.45, 7) is 28.5. The topological polar surface area (TPSA) is 19.0 Å². The summed E-state index contributed by atoms with van der Waals surface area (Å²) in [5.74, 6) is 0. The van der Waals surface area contributed by atoms with E-state index in [2.05, 4.69) is 91.3 Å². The zero-order valence-electron chi connectivity index (χ0n) is 17.6. The van der Waals surface area contributed by atoms with Gasteiger partial charge in [-0.1, -0.05) is 19.6 Å². The zero-order valence-corrected chi connectivity index (χ0v) is 19.5. The molecule has 0 N–H and O–H groups in total. The van der Waals surface area contributed by atoms with Crippen LogP contribution in [-0.4, -0.2) is 52.7 Å². The minimum Gasteiger partial charge on any atom is -0.363 e. The summed E-state index contributed by atoms with van der Waals surface area (Å²) >= 11 is 0. The van der Waals surface area contributed by atoms with Crippen LogP contribution >= 0.6 is 8.22 Å². The molecule has 1 saturated heterocycles. The molecule has 1 aliphatic rings. The third-order valence-corrected chi connectivity index (χ3v) is 13.8. The van der Waals surface area contributed by atoms with E-state index >= 15 is 0 Å². The van der Waals surface area contributed by atoms with Crippen molar-refractivity contribution in [1.29, 1.82) is 0 Å². The Morgan fingerprint density at radius 1 is 0.783 bits per heavy atom. The minimum absolute atomic E-state index is 0.0887. The summed E-state index contributed by atoms with van der Waals surface area (Å²) in [5.41, 5.74) is 0. The van der Waals surface area contributed by atoms with Crippen molar-refractivity contribution in [2.45, 2.75) is 117 Å². The number of nitrogens with zero attached hydrogens (tertiary/aromatic N) is 2. The van der Waals surface area contributed by atoms with Gasteiger partial charge >= 0.3 is 0 Å². The highest BCUT2D eigenvalue weighted by Crippen LogP contribution is 2.71. The SMILES string of the molecule is CC(C)N(C(C)C)P(N(C(C)C)C(C)C)[C@]1([Si](C)(C)C)O[C@H]1C. The van der Waals surface area contributed by atoms with E-state index in [0.717, 1.165) is 0 Å². The summed E-state index contributed by atoms with van der Waals surface area (Å²) in [6.07, 6.45) is 0.389. The molecule has 138 valence electrons. The highest BCUT2D eigenvalue weighted by Gasteiger charge is 2.69. The molecule has 0 aromatic carbocycles. The zero-order chi connectivity index (χ0) is 18.3. The van der Waals surface area contributed by atoms with Crippen molar-refractivity contribution in [3.63, 3.8) is 0 Å². The van der Waals surface area contributed by atoms with Gasteiger partial charge in [0.15, 0.2) is 0 Å². The molecule has 0 amide bonds. The molecular weight excluding hydrogens is 319 g/mol. The van der Waals surface area contributed by atoms with E-state index in [0.29, 0.717) is 30.3 Å². The molecule has 0 aliphatic carbocycles. The number of rotatable bonds is 8. The van der Waals surface area contributed by atoms with Gasteiger partial charge in [0.1, 0.15) is 4.97 Å². The molecule has 23 heavy (non-hydrogen) atoms. The van der Waals surface area contributed by atoms with Crippen LogP contribution in [0.3, 0.4) is 0 Å². The van der Waals surface area contributed by atoms with Crippen molar-refractivity contribution in [3.05, 3.63) is 0 Å². The van der Waals surface area contributed by atoms with E-state index in [1.807, 2.05) is 0 Å². The van der Waals surface area contributed by atoms with Crippen LogP contribution in [0.25, 0.3) is 0 Å². The molecule has 2 atom stereocenters. The number of ether oxygens (including phenoxy) is 1. The molecule has 0 unspecified atom stereocenters. The second-order valence-corrected chi connectivity index (χ2v) is 17.0. The van der Waals surface area contributed by atoms with Crippen molar-refractivity contribution in [2.24, 2.45) is 0 Å². The summed E-state index contributed by atoms with van der Waals surface area (Å²) in [5, 5.41) is 0. The van der Waals surface area contributed by atoms with Crippen LogP contribution in [0.2, 0.25) is 19.6 Å². The molecule has 3 nitrogen and oxygen atoms in total.